The van der Waals surface area contributed by atoms with Gasteiger partial charge in [-0.2, -0.15) is 0 Å². The molecule has 2 heteroatoms. The van der Waals surface area contributed by atoms with Crippen molar-refractivity contribution in [3.63, 3.8) is 0 Å². The molecule has 0 N–H and O–H groups in total. The van der Waals surface area contributed by atoms with Gasteiger partial charge < -0.3 is 0 Å². The molecule has 1 aromatic rings. The molecule has 28 heavy (non-hydrogen) atoms. The Kier molecular flexibility index (Phi) is 5.34. The molecular weight excluding hydrogens is 354 g/mol. The van der Waals surface area contributed by atoms with Gasteiger partial charge in [0.15, 0.2) is 0 Å². The summed E-state index contributed by atoms with van der Waals surface area (Å²) in [5, 5.41) is 2.04. The molecule has 2 bridgehead atoms. The fraction of sp³-hybridized carbons (Fsp3) is 0.615. The number of hydrogen-bond donors (Lipinski definition) is 0. The molecular formula is C26H38BP. The predicted molar refractivity (Wildman–Crippen MR) is 129 cm³/mol. The first kappa shape index (κ1) is 19.2. The van der Waals surface area contributed by atoms with E-state index in [2.05, 4.69) is 50.9 Å². The molecule has 4 aliphatic rings. The van der Waals surface area contributed by atoms with Gasteiger partial charge in [-0.15, -0.1) is 0 Å². The summed E-state index contributed by atoms with van der Waals surface area (Å²) in [6.45, 7) is 2.34. The van der Waals surface area contributed by atoms with E-state index in [0.29, 0.717) is 5.92 Å². The van der Waals surface area contributed by atoms with Gasteiger partial charge in [0.1, 0.15) is 0 Å². The molecule has 0 heterocycles. The van der Waals surface area contributed by atoms with Gasteiger partial charge in [-0.1, -0.05) is 0 Å². The van der Waals surface area contributed by atoms with E-state index in [0.717, 1.165) is 17.2 Å². The fourth-order valence-corrected chi connectivity index (χ4v) is 14.3. The third-order valence-electron chi connectivity index (χ3n) is 9.04. The van der Waals surface area contributed by atoms with E-state index in [9.17, 15) is 0 Å². The Bertz CT molecular complexity index is 761. The van der Waals surface area contributed by atoms with Crippen LogP contribution in [-0.2, 0) is 0 Å². The Hall–Kier alpha value is -0.805. The minimum atomic E-state index is -1.51. The topological polar surface area (TPSA) is 0 Å². The number of rotatable bonds is 4. The summed E-state index contributed by atoms with van der Waals surface area (Å²) in [5.74, 6) is 1.49. The van der Waals surface area contributed by atoms with Crippen LogP contribution in [0.1, 0.15) is 81.8 Å². The van der Waals surface area contributed by atoms with Crippen molar-refractivity contribution in [2.75, 3.05) is 0 Å². The average molecular weight is 392 g/mol. The maximum atomic E-state index is 2.88. The molecule has 0 aliphatic heterocycles. The molecule has 150 valence electrons. The Morgan fingerprint density at radius 1 is 0.786 bits per heavy atom. The van der Waals surface area contributed by atoms with Crippen molar-refractivity contribution in [3.8, 4) is 0 Å². The van der Waals surface area contributed by atoms with Crippen molar-refractivity contribution in [3.05, 3.63) is 52.9 Å². The standard InChI is InChI=1S/C26H38BP/c1-19-10-8-9-15-24(19)25-20-16-17-21(18-20)26(25)28(27,22-11-4-2-5-12-22)23-13-6-3-7-14-23/h8-10,15-17,20-23,28H,2-7,11-14,18,27H2,1H3. The van der Waals surface area contributed by atoms with Gasteiger partial charge in [0.2, 0.25) is 0 Å². The van der Waals surface area contributed by atoms with Crippen LogP contribution in [0.3, 0.4) is 0 Å². The van der Waals surface area contributed by atoms with Crippen LogP contribution in [0.5, 0.6) is 0 Å². The van der Waals surface area contributed by atoms with Crippen molar-refractivity contribution in [2.45, 2.75) is 88.9 Å². The molecule has 2 unspecified atom stereocenters. The molecule has 0 spiro atoms. The van der Waals surface area contributed by atoms with Crippen LogP contribution in [0.4, 0.5) is 0 Å². The van der Waals surface area contributed by atoms with Crippen molar-refractivity contribution in [2.24, 2.45) is 11.8 Å². The number of fused-ring (bicyclic) bond motifs is 2. The zero-order valence-electron chi connectivity index (χ0n) is 18.1. The van der Waals surface area contributed by atoms with E-state index in [-0.39, 0.29) is 0 Å². The fourth-order valence-electron chi connectivity index (χ4n) is 7.61. The Morgan fingerprint density at radius 2 is 1.36 bits per heavy atom. The van der Waals surface area contributed by atoms with Crippen molar-refractivity contribution < 1.29 is 0 Å². The van der Waals surface area contributed by atoms with Gasteiger partial charge in [0, 0.05) is 0 Å². The third-order valence-corrected chi connectivity index (χ3v) is 15.4. The van der Waals surface area contributed by atoms with Crippen molar-refractivity contribution in [1.82, 2.24) is 0 Å². The molecule has 1 aromatic carbocycles. The van der Waals surface area contributed by atoms with Crippen molar-refractivity contribution >= 4 is 20.3 Å². The van der Waals surface area contributed by atoms with Crippen molar-refractivity contribution in [1.29, 1.82) is 0 Å². The molecule has 4 aliphatic carbocycles. The second-order valence-electron chi connectivity index (χ2n) is 10.4. The van der Waals surface area contributed by atoms with Crippen LogP contribution in [0, 0.1) is 18.8 Å². The summed E-state index contributed by atoms with van der Waals surface area (Å²) < 4.78 is 0. The monoisotopic (exact) mass is 392 g/mol. The summed E-state index contributed by atoms with van der Waals surface area (Å²) in [5.41, 5.74) is 7.01. The molecule has 0 saturated heterocycles. The number of aryl methyl sites for hydroxylation is 1. The zero-order valence-corrected chi connectivity index (χ0v) is 19.1. The van der Waals surface area contributed by atoms with Gasteiger partial charge >= 0.3 is 174 Å². The second-order valence-corrected chi connectivity index (χ2v) is 15.2. The molecule has 0 radical (unpaired) electrons. The summed E-state index contributed by atoms with van der Waals surface area (Å²) in [4.78, 5) is 0. The second kappa shape index (κ2) is 7.79. The predicted octanol–water partition coefficient (Wildman–Crippen LogP) is 6.88. The van der Waals surface area contributed by atoms with E-state index in [1.54, 1.807) is 5.56 Å². The van der Waals surface area contributed by atoms with Crippen LogP contribution in [0.2, 0.25) is 0 Å². The molecule has 2 fully saturated rings. The molecule has 0 amide bonds. The van der Waals surface area contributed by atoms with Crippen LogP contribution in [0.25, 0.3) is 5.57 Å². The van der Waals surface area contributed by atoms with Crippen LogP contribution in [-0.4, -0.2) is 18.9 Å². The first-order chi connectivity index (χ1) is 13.7. The first-order valence-corrected chi connectivity index (χ1v) is 14.8. The summed E-state index contributed by atoms with van der Waals surface area (Å²) in [6, 6.07) is 9.29. The molecule has 0 nitrogen and oxygen atoms in total. The first-order valence-electron chi connectivity index (χ1n) is 12.2. The maximum absolute atomic E-state index is 2.88. The van der Waals surface area contributed by atoms with E-state index >= 15 is 0 Å². The summed E-state index contributed by atoms with van der Waals surface area (Å²) in [6.07, 6.45) is 21.7. The Labute approximate surface area is 174 Å². The molecule has 2 atom stereocenters. The van der Waals surface area contributed by atoms with Gasteiger partial charge in [-0.3, -0.25) is 0 Å². The number of hydrogen-bond acceptors (Lipinski definition) is 0. The van der Waals surface area contributed by atoms with Gasteiger partial charge in [0.25, 0.3) is 0 Å². The van der Waals surface area contributed by atoms with Gasteiger partial charge in [0.05, 0.1) is 0 Å². The summed E-state index contributed by atoms with van der Waals surface area (Å²) >= 11 is 0. The van der Waals surface area contributed by atoms with E-state index < -0.39 is 7.14 Å². The molecule has 5 rings (SSSR count). The van der Waals surface area contributed by atoms with Crippen LogP contribution >= 0.6 is 7.14 Å². The Balaban J connectivity index is 1.66. The SMILES string of the molecule is B[PH](C1=C(c2ccccc2C)C2C=CC1C2)(C1CCCCC1)C1CCCCC1. The van der Waals surface area contributed by atoms with E-state index in [1.807, 2.05) is 10.9 Å². The minimum absolute atomic E-state index is 0.708. The quantitative estimate of drug-likeness (QED) is 0.298. The zero-order chi connectivity index (χ0) is 19.1. The molecule has 2 saturated carbocycles. The summed E-state index contributed by atoms with van der Waals surface area (Å²) in [7, 11) is 1.37. The van der Waals surface area contributed by atoms with E-state index in [4.69, 9.17) is 0 Å². The van der Waals surface area contributed by atoms with Crippen LogP contribution < -0.4 is 0 Å². The molecule has 0 aromatic heterocycles. The average Bonchev–Trinajstić information content (AvgIpc) is 3.37. The van der Waals surface area contributed by atoms with E-state index in [1.165, 1.54) is 76.2 Å². The number of benzene rings is 1. The third kappa shape index (κ3) is 3.08. The number of allylic oxidation sites excluding steroid dienone is 4. The van der Waals surface area contributed by atoms with Crippen LogP contribution in [0.15, 0.2) is 41.7 Å². The Morgan fingerprint density at radius 3 is 1.96 bits per heavy atom. The van der Waals surface area contributed by atoms with Gasteiger partial charge in [-0.05, 0) is 0 Å². The van der Waals surface area contributed by atoms with Gasteiger partial charge in [-0.25, -0.2) is 0 Å². The normalized spacial score (nSPS) is 29.6.